The first-order chi connectivity index (χ1) is 10.6. The van der Waals surface area contributed by atoms with E-state index < -0.39 is 0 Å². The van der Waals surface area contributed by atoms with E-state index in [9.17, 15) is 4.79 Å². The van der Waals surface area contributed by atoms with Crippen molar-refractivity contribution < 1.29 is 4.79 Å². The lowest BCUT2D eigenvalue weighted by molar-refractivity contribution is -0.118. The van der Waals surface area contributed by atoms with Gasteiger partial charge in [-0.15, -0.1) is 0 Å². The van der Waals surface area contributed by atoms with E-state index >= 15 is 0 Å². The SMILES string of the molecule is Cc1ccc(NC(=O)CN2CC[C@H]3CCCC[C@@H]3C2)c(Br)c1. The van der Waals surface area contributed by atoms with Crippen LogP contribution in [0.5, 0.6) is 0 Å². The first kappa shape index (κ1) is 16.0. The van der Waals surface area contributed by atoms with Crippen molar-refractivity contribution in [2.45, 2.75) is 39.0 Å². The zero-order chi connectivity index (χ0) is 15.5. The van der Waals surface area contributed by atoms with Crippen LogP contribution in [0.25, 0.3) is 0 Å². The Labute approximate surface area is 141 Å². The van der Waals surface area contributed by atoms with E-state index in [-0.39, 0.29) is 5.91 Å². The van der Waals surface area contributed by atoms with Crippen molar-refractivity contribution in [1.82, 2.24) is 4.90 Å². The van der Waals surface area contributed by atoms with E-state index in [1.165, 1.54) is 37.7 Å². The average Bonchev–Trinajstić information content (AvgIpc) is 2.50. The summed E-state index contributed by atoms with van der Waals surface area (Å²) in [4.78, 5) is 14.6. The molecule has 1 saturated heterocycles. The lowest BCUT2D eigenvalue weighted by Gasteiger charge is -2.41. The lowest BCUT2D eigenvalue weighted by atomic mass is 9.75. The molecular weight excluding hydrogens is 340 g/mol. The summed E-state index contributed by atoms with van der Waals surface area (Å²) in [6, 6.07) is 6.02. The number of piperidine rings is 1. The number of amides is 1. The minimum atomic E-state index is 0.0961. The summed E-state index contributed by atoms with van der Waals surface area (Å²) < 4.78 is 0.951. The molecule has 0 radical (unpaired) electrons. The van der Waals surface area contributed by atoms with Crippen molar-refractivity contribution in [2.75, 3.05) is 25.0 Å². The molecule has 1 aromatic rings. The Balaban J connectivity index is 1.53. The van der Waals surface area contributed by atoms with Gasteiger partial charge in [-0.2, -0.15) is 0 Å². The molecule has 1 saturated carbocycles. The van der Waals surface area contributed by atoms with Crippen molar-refractivity contribution in [1.29, 1.82) is 0 Å². The quantitative estimate of drug-likeness (QED) is 0.870. The third-order valence-electron chi connectivity index (χ3n) is 5.14. The van der Waals surface area contributed by atoms with E-state index in [0.717, 1.165) is 35.1 Å². The summed E-state index contributed by atoms with van der Waals surface area (Å²) in [6.45, 7) is 4.74. The average molecular weight is 365 g/mol. The molecular formula is C18H25BrN2O. The lowest BCUT2D eigenvalue weighted by Crippen LogP contribution is -2.44. The van der Waals surface area contributed by atoms with Crippen LogP contribution in [0.3, 0.4) is 0 Å². The number of likely N-dealkylation sites (tertiary alicyclic amines) is 1. The number of rotatable bonds is 3. The monoisotopic (exact) mass is 364 g/mol. The van der Waals surface area contributed by atoms with Crippen LogP contribution in [0.1, 0.15) is 37.7 Å². The highest BCUT2D eigenvalue weighted by atomic mass is 79.9. The number of hydrogen-bond donors (Lipinski definition) is 1. The number of anilines is 1. The summed E-state index contributed by atoms with van der Waals surface area (Å²) in [6.07, 6.45) is 6.81. The van der Waals surface area contributed by atoms with Gasteiger partial charge in [-0.1, -0.05) is 25.3 Å². The molecule has 1 aromatic carbocycles. The highest BCUT2D eigenvalue weighted by Gasteiger charge is 2.31. The summed E-state index contributed by atoms with van der Waals surface area (Å²) >= 11 is 3.52. The highest BCUT2D eigenvalue weighted by Crippen LogP contribution is 2.35. The van der Waals surface area contributed by atoms with Crippen LogP contribution >= 0.6 is 15.9 Å². The molecule has 0 aromatic heterocycles. The Kier molecular flexibility index (Phi) is 5.19. The minimum Gasteiger partial charge on any atom is -0.324 e. The first-order valence-corrected chi connectivity index (χ1v) is 9.19. The van der Waals surface area contributed by atoms with Crippen LogP contribution in [0.4, 0.5) is 5.69 Å². The molecule has 22 heavy (non-hydrogen) atoms. The first-order valence-electron chi connectivity index (χ1n) is 8.40. The zero-order valence-electron chi connectivity index (χ0n) is 13.3. The number of hydrogen-bond acceptors (Lipinski definition) is 2. The molecule has 1 aliphatic heterocycles. The number of nitrogens with one attached hydrogen (secondary N) is 1. The number of nitrogens with zero attached hydrogens (tertiary/aromatic N) is 1. The van der Waals surface area contributed by atoms with Crippen molar-refractivity contribution in [3.8, 4) is 0 Å². The molecule has 1 heterocycles. The van der Waals surface area contributed by atoms with E-state index in [0.29, 0.717) is 6.54 Å². The van der Waals surface area contributed by atoms with Crippen LogP contribution in [-0.4, -0.2) is 30.4 Å². The molecule has 1 aliphatic carbocycles. The van der Waals surface area contributed by atoms with E-state index in [1.807, 2.05) is 25.1 Å². The van der Waals surface area contributed by atoms with Crippen LogP contribution in [0.2, 0.25) is 0 Å². The fourth-order valence-electron chi connectivity index (χ4n) is 3.93. The standard InChI is InChI=1S/C18H25BrN2O/c1-13-6-7-17(16(19)10-13)20-18(22)12-21-9-8-14-4-2-3-5-15(14)11-21/h6-7,10,14-15H,2-5,8-9,11-12H2,1H3,(H,20,22)/t14-,15-/m1/s1. The number of aryl methyl sites for hydroxylation is 1. The summed E-state index contributed by atoms with van der Waals surface area (Å²) in [5, 5.41) is 3.03. The van der Waals surface area contributed by atoms with Crippen molar-refractivity contribution in [3.63, 3.8) is 0 Å². The molecule has 120 valence electrons. The van der Waals surface area contributed by atoms with Crippen molar-refractivity contribution in [3.05, 3.63) is 28.2 Å². The number of carbonyl (C=O) groups is 1. The van der Waals surface area contributed by atoms with Crippen LogP contribution in [0, 0.1) is 18.8 Å². The Hall–Kier alpha value is -0.870. The highest BCUT2D eigenvalue weighted by molar-refractivity contribution is 9.10. The molecule has 1 N–H and O–H groups in total. The Morgan fingerprint density at radius 2 is 2.05 bits per heavy atom. The van der Waals surface area contributed by atoms with E-state index in [4.69, 9.17) is 0 Å². The number of benzene rings is 1. The van der Waals surface area contributed by atoms with E-state index in [1.54, 1.807) is 0 Å². The van der Waals surface area contributed by atoms with Gasteiger partial charge in [0.25, 0.3) is 0 Å². The van der Waals surface area contributed by atoms with Gasteiger partial charge in [0.15, 0.2) is 0 Å². The minimum absolute atomic E-state index is 0.0961. The molecule has 0 spiro atoms. The molecule has 2 atom stereocenters. The largest absolute Gasteiger partial charge is 0.324 e. The van der Waals surface area contributed by atoms with Crippen LogP contribution in [-0.2, 0) is 4.79 Å². The molecule has 2 fully saturated rings. The number of fused-ring (bicyclic) bond motifs is 1. The third kappa shape index (κ3) is 3.90. The maximum Gasteiger partial charge on any atom is 0.238 e. The molecule has 0 bridgehead atoms. The van der Waals surface area contributed by atoms with Gasteiger partial charge < -0.3 is 5.32 Å². The topological polar surface area (TPSA) is 32.3 Å². The van der Waals surface area contributed by atoms with Gasteiger partial charge in [0.2, 0.25) is 5.91 Å². The van der Waals surface area contributed by atoms with Crippen molar-refractivity contribution >= 4 is 27.5 Å². The summed E-state index contributed by atoms with van der Waals surface area (Å²) in [5.74, 6) is 1.83. The molecule has 1 amide bonds. The second kappa shape index (κ2) is 7.14. The smallest absolute Gasteiger partial charge is 0.238 e. The second-order valence-electron chi connectivity index (χ2n) is 6.86. The second-order valence-corrected chi connectivity index (χ2v) is 7.71. The summed E-state index contributed by atoms with van der Waals surface area (Å²) in [5.41, 5.74) is 2.05. The zero-order valence-corrected chi connectivity index (χ0v) is 14.9. The Morgan fingerprint density at radius 3 is 2.82 bits per heavy atom. The van der Waals surface area contributed by atoms with Gasteiger partial charge in [0.05, 0.1) is 12.2 Å². The third-order valence-corrected chi connectivity index (χ3v) is 5.80. The molecule has 2 aliphatic rings. The summed E-state index contributed by atoms with van der Waals surface area (Å²) in [7, 11) is 0. The van der Waals surface area contributed by atoms with Gasteiger partial charge in [-0.3, -0.25) is 9.69 Å². The van der Waals surface area contributed by atoms with Gasteiger partial charge in [0, 0.05) is 11.0 Å². The van der Waals surface area contributed by atoms with Gasteiger partial charge in [-0.25, -0.2) is 0 Å². The number of halogens is 1. The Morgan fingerprint density at radius 1 is 1.27 bits per heavy atom. The fraction of sp³-hybridized carbons (Fsp3) is 0.611. The maximum absolute atomic E-state index is 12.3. The Bertz CT molecular complexity index is 546. The normalized spacial score (nSPS) is 25.5. The molecule has 4 heteroatoms. The predicted molar refractivity (Wildman–Crippen MR) is 94.0 cm³/mol. The van der Waals surface area contributed by atoms with E-state index in [2.05, 4.69) is 26.1 Å². The van der Waals surface area contributed by atoms with Crippen molar-refractivity contribution in [2.24, 2.45) is 11.8 Å². The maximum atomic E-state index is 12.3. The molecule has 3 rings (SSSR count). The van der Waals surface area contributed by atoms with Gasteiger partial charge in [-0.05, 0) is 71.8 Å². The molecule has 3 nitrogen and oxygen atoms in total. The van der Waals surface area contributed by atoms with Gasteiger partial charge >= 0.3 is 0 Å². The number of carbonyl (C=O) groups excluding carboxylic acids is 1. The predicted octanol–water partition coefficient (Wildman–Crippen LogP) is 4.21. The molecule has 0 unspecified atom stereocenters. The van der Waals surface area contributed by atoms with Crippen LogP contribution < -0.4 is 5.32 Å². The van der Waals surface area contributed by atoms with Gasteiger partial charge in [0.1, 0.15) is 0 Å². The van der Waals surface area contributed by atoms with Crippen LogP contribution in [0.15, 0.2) is 22.7 Å². The fourth-order valence-corrected chi connectivity index (χ4v) is 4.53.